The minimum Gasteiger partial charge on any atom is -0.309 e. The maximum Gasteiger partial charge on any atom is 0.101 e. The van der Waals surface area contributed by atoms with Crippen molar-refractivity contribution in [2.24, 2.45) is 0 Å². The topological polar surface area (TPSA) is 86.2 Å². The normalized spacial score (nSPS) is 11.5. The summed E-state index contributed by atoms with van der Waals surface area (Å²) < 4.78 is 6.82. The average Bonchev–Trinajstić information content (AvgIpc) is 3.91. The molecule has 3 heterocycles. The summed E-state index contributed by atoms with van der Waals surface area (Å²) in [5.74, 6) is 0. The van der Waals surface area contributed by atoms with Crippen LogP contribution >= 0.6 is 0 Å². The number of fused-ring (bicyclic) bond motifs is 9. The quantitative estimate of drug-likeness (QED) is 0.181. The summed E-state index contributed by atoms with van der Waals surface area (Å²) in [5.41, 5.74) is 12.4. The molecule has 6 nitrogen and oxygen atoms in total. The van der Waals surface area contributed by atoms with Crippen molar-refractivity contribution in [1.29, 1.82) is 15.8 Å². The lowest BCUT2D eigenvalue weighted by molar-refractivity contribution is 1.15. The van der Waals surface area contributed by atoms with Gasteiger partial charge in [0.15, 0.2) is 0 Å². The zero-order chi connectivity index (χ0) is 38.2. The molecule has 0 saturated heterocycles. The van der Waals surface area contributed by atoms with E-state index in [1.807, 2.05) is 54.6 Å². The van der Waals surface area contributed by atoms with E-state index < -0.39 is 0 Å². The van der Waals surface area contributed by atoms with Crippen LogP contribution in [0.5, 0.6) is 0 Å². The van der Waals surface area contributed by atoms with Crippen LogP contribution in [-0.2, 0) is 0 Å². The van der Waals surface area contributed by atoms with Gasteiger partial charge in [-0.1, -0.05) is 91.0 Å². The Labute approximate surface area is 326 Å². The smallest absolute Gasteiger partial charge is 0.101 e. The molecule has 6 heteroatoms. The fourth-order valence-electron chi connectivity index (χ4n) is 9.02. The summed E-state index contributed by atoms with van der Waals surface area (Å²) in [6, 6.07) is 64.8. The summed E-state index contributed by atoms with van der Waals surface area (Å²) in [4.78, 5) is 0. The third-order valence-electron chi connectivity index (χ3n) is 11.3. The predicted molar refractivity (Wildman–Crippen MR) is 229 cm³/mol. The molecule has 0 unspecified atom stereocenters. The van der Waals surface area contributed by atoms with Gasteiger partial charge in [0, 0.05) is 43.4 Å². The molecular formula is C51H28N6. The number of para-hydroxylation sites is 5. The van der Waals surface area contributed by atoms with Crippen molar-refractivity contribution < 1.29 is 0 Å². The van der Waals surface area contributed by atoms with Gasteiger partial charge in [-0.15, -0.1) is 0 Å². The summed E-state index contributed by atoms with van der Waals surface area (Å²) in [7, 11) is 0. The average molecular weight is 725 g/mol. The van der Waals surface area contributed by atoms with E-state index in [0.717, 1.165) is 82.8 Å². The standard InChI is InChI=1S/C51H28N6/c52-29-32-23-25-46-40(27-32)41-28-33(30-53)24-26-47(41)56(46)48-21-10-22-49-50(48)39-15-4-8-20-45(39)57(49)51-34(31-54)11-9-16-38(51)37-14-3-7-19-44(37)55-42-17-5-1-12-35(42)36-13-2-6-18-43(36)55/h1-28H. The van der Waals surface area contributed by atoms with Crippen molar-refractivity contribution in [3.05, 3.63) is 187 Å². The van der Waals surface area contributed by atoms with E-state index in [9.17, 15) is 15.8 Å². The molecule has 262 valence electrons. The Hall–Kier alpha value is -8.37. The van der Waals surface area contributed by atoms with Crippen LogP contribution in [0.4, 0.5) is 0 Å². The Balaban J connectivity index is 1.24. The fraction of sp³-hybridized carbons (Fsp3) is 0. The van der Waals surface area contributed by atoms with Crippen molar-refractivity contribution in [1.82, 2.24) is 13.7 Å². The van der Waals surface area contributed by atoms with Crippen LogP contribution in [0.15, 0.2) is 170 Å². The number of nitriles is 3. The van der Waals surface area contributed by atoms with Crippen molar-refractivity contribution in [3.63, 3.8) is 0 Å². The van der Waals surface area contributed by atoms with E-state index in [1.165, 1.54) is 10.8 Å². The Bertz CT molecular complexity index is 3500. The summed E-state index contributed by atoms with van der Waals surface area (Å²) in [6.07, 6.45) is 0. The highest BCUT2D eigenvalue weighted by molar-refractivity contribution is 6.17. The van der Waals surface area contributed by atoms with Gasteiger partial charge in [0.2, 0.25) is 0 Å². The second-order valence-corrected chi connectivity index (χ2v) is 14.2. The zero-order valence-electron chi connectivity index (χ0n) is 30.3. The van der Waals surface area contributed by atoms with E-state index in [4.69, 9.17) is 0 Å². The van der Waals surface area contributed by atoms with Crippen LogP contribution in [0.25, 0.3) is 93.6 Å². The van der Waals surface area contributed by atoms with Crippen LogP contribution in [0.2, 0.25) is 0 Å². The van der Waals surface area contributed by atoms with Gasteiger partial charge in [0.25, 0.3) is 0 Å². The molecule has 0 aliphatic carbocycles. The summed E-state index contributed by atoms with van der Waals surface area (Å²) in [6.45, 7) is 0. The molecule has 0 radical (unpaired) electrons. The number of nitrogens with zero attached hydrogens (tertiary/aromatic N) is 6. The van der Waals surface area contributed by atoms with E-state index in [1.54, 1.807) is 0 Å². The molecule has 0 spiro atoms. The Morgan fingerprint density at radius 1 is 0.333 bits per heavy atom. The lowest BCUT2D eigenvalue weighted by atomic mass is 9.98. The fourth-order valence-corrected chi connectivity index (χ4v) is 9.02. The van der Waals surface area contributed by atoms with Crippen molar-refractivity contribution in [2.75, 3.05) is 0 Å². The van der Waals surface area contributed by atoms with E-state index in [0.29, 0.717) is 16.7 Å². The van der Waals surface area contributed by atoms with Gasteiger partial charge in [0.05, 0.1) is 79.0 Å². The molecular weight excluding hydrogens is 697 g/mol. The number of hydrogen-bond acceptors (Lipinski definition) is 3. The van der Waals surface area contributed by atoms with Crippen molar-refractivity contribution >= 4 is 65.4 Å². The van der Waals surface area contributed by atoms with Gasteiger partial charge in [-0.25, -0.2) is 0 Å². The Morgan fingerprint density at radius 2 is 0.807 bits per heavy atom. The Kier molecular flexibility index (Phi) is 6.95. The first-order valence-electron chi connectivity index (χ1n) is 18.7. The first kappa shape index (κ1) is 32.1. The molecule has 0 bridgehead atoms. The van der Waals surface area contributed by atoms with Gasteiger partial charge >= 0.3 is 0 Å². The van der Waals surface area contributed by atoms with E-state index in [-0.39, 0.29) is 0 Å². The monoisotopic (exact) mass is 724 g/mol. The minimum absolute atomic E-state index is 0.556. The summed E-state index contributed by atoms with van der Waals surface area (Å²) in [5, 5.41) is 36.8. The highest BCUT2D eigenvalue weighted by Gasteiger charge is 2.24. The van der Waals surface area contributed by atoms with Crippen LogP contribution in [-0.4, -0.2) is 13.7 Å². The second-order valence-electron chi connectivity index (χ2n) is 14.2. The third-order valence-corrected chi connectivity index (χ3v) is 11.3. The second kappa shape index (κ2) is 12.3. The van der Waals surface area contributed by atoms with Crippen LogP contribution in [0, 0.1) is 34.0 Å². The van der Waals surface area contributed by atoms with Gasteiger partial charge in [-0.05, 0) is 78.9 Å². The van der Waals surface area contributed by atoms with E-state index in [2.05, 4.69) is 147 Å². The lowest BCUT2D eigenvalue weighted by Gasteiger charge is -2.19. The lowest BCUT2D eigenvalue weighted by Crippen LogP contribution is -2.03. The molecule has 0 aliphatic heterocycles. The first-order valence-corrected chi connectivity index (χ1v) is 18.7. The number of aromatic nitrogens is 3. The van der Waals surface area contributed by atoms with Gasteiger partial charge in [0.1, 0.15) is 6.07 Å². The summed E-state index contributed by atoms with van der Waals surface area (Å²) >= 11 is 0. The van der Waals surface area contributed by atoms with Crippen molar-refractivity contribution in [3.8, 4) is 46.4 Å². The van der Waals surface area contributed by atoms with Crippen LogP contribution in [0.1, 0.15) is 16.7 Å². The molecule has 11 aromatic rings. The van der Waals surface area contributed by atoms with Gasteiger partial charge < -0.3 is 13.7 Å². The van der Waals surface area contributed by atoms with E-state index >= 15 is 0 Å². The maximum absolute atomic E-state index is 10.9. The first-order chi connectivity index (χ1) is 28.2. The largest absolute Gasteiger partial charge is 0.309 e. The van der Waals surface area contributed by atoms with Crippen LogP contribution < -0.4 is 0 Å². The molecule has 0 N–H and O–H groups in total. The molecule has 3 aromatic heterocycles. The molecule has 0 saturated carbocycles. The molecule has 11 rings (SSSR count). The molecule has 0 fully saturated rings. The molecule has 57 heavy (non-hydrogen) atoms. The highest BCUT2D eigenvalue weighted by Crippen LogP contribution is 2.44. The molecule has 0 atom stereocenters. The van der Waals surface area contributed by atoms with Gasteiger partial charge in [-0.2, -0.15) is 15.8 Å². The number of hydrogen-bond donors (Lipinski definition) is 0. The third kappa shape index (κ3) is 4.55. The molecule has 0 aliphatic rings. The highest BCUT2D eigenvalue weighted by atomic mass is 15.0. The Morgan fingerprint density at radius 3 is 1.44 bits per heavy atom. The number of rotatable bonds is 4. The van der Waals surface area contributed by atoms with Gasteiger partial charge in [-0.3, -0.25) is 0 Å². The minimum atomic E-state index is 0.556. The maximum atomic E-state index is 10.9. The molecule has 8 aromatic carbocycles. The molecule has 0 amide bonds. The zero-order valence-corrected chi connectivity index (χ0v) is 30.3. The van der Waals surface area contributed by atoms with Crippen molar-refractivity contribution in [2.45, 2.75) is 0 Å². The predicted octanol–water partition coefficient (Wildman–Crippen LogP) is 12.3. The van der Waals surface area contributed by atoms with Crippen LogP contribution in [0.3, 0.4) is 0 Å². The number of benzene rings is 8. The SMILES string of the molecule is N#Cc1ccc2c(c1)c1cc(C#N)ccc1n2-c1cccc2c1c1ccccc1n2-c1c(C#N)cccc1-c1ccccc1-n1c2ccccc2c2ccccc21.